The molecule has 0 unspecified atom stereocenters. The summed E-state index contributed by atoms with van der Waals surface area (Å²) in [5, 5.41) is 4.86. The molecule has 2 aromatic carbocycles. The number of nitrogens with one attached hydrogen (secondary N) is 2. The molecule has 0 aliphatic heterocycles. The van der Waals surface area contributed by atoms with Gasteiger partial charge in [-0.2, -0.15) is 0 Å². The Hall–Kier alpha value is -3.46. The van der Waals surface area contributed by atoms with Gasteiger partial charge in [-0.25, -0.2) is 14.0 Å². The van der Waals surface area contributed by atoms with Crippen LogP contribution in [0.1, 0.15) is 41.4 Å². The van der Waals surface area contributed by atoms with Crippen LogP contribution in [0.3, 0.4) is 0 Å². The maximum Gasteiger partial charge on any atom is 0.408 e. The molecule has 2 amide bonds. The van der Waals surface area contributed by atoms with E-state index in [9.17, 15) is 18.8 Å². The highest BCUT2D eigenvalue weighted by Crippen LogP contribution is 2.19. The molecular formula is C23H27FN2O6. The van der Waals surface area contributed by atoms with Crippen LogP contribution in [0.25, 0.3) is 0 Å². The SMILES string of the molecule is CCO[C@@H](C)c1cc(F)cc(C(=O)NC[C@@H](NC(=O)OCc2ccccc2)C(=O)OC)c1. The third-order valence-corrected chi connectivity index (χ3v) is 4.53. The largest absolute Gasteiger partial charge is 0.467 e. The molecule has 0 aliphatic rings. The first-order valence-electron chi connectivity index (χ1n) is 10.1. The van der Waals surface area contributed by atoms with Crippen molar-refractivity contribution >= 4 is 18.0 Å². The lowest BCUT2D eigenvalue weighted by Crippen LogP contribution is -2.49. The number of benzene rings is 2. The number of rotatable bonds is 10. The topological polar surface area (TPSA) is 103 Å². The summed E-state index contributed by atoms with van der Waals surface area (Å²) in [7, 11) is 1.15. The fourth-order valence-electron chi connectivity index (χ4n) is 2.86. The lowest BCUT2D eigenvalue weighted by atomic mass is 10.1. The van der Waals surface area contributed by atoms with Crippen molar-refractivity contribution in [1.82, 2.24) is 10.6 Å². The molecule has 32 heavy (non-hydrogen) atoms. The molecule has 2 rings (SSSR count). The van der Waals surface area contributed by atoms with Gasteiger partial charge in [-0.3, -0.25) is 4.79 Å². The van der Waals surface area contributed by atoms with Crippen LogP contribution in [0.15, 0.2) is 48.5 Å². The summed E-state index contributed by atoms with van der Waals surface area (Å²) in [5.74, 6) is -1.99. The Morgan fingerprint density at radius 2 is 1.81 bits per heavy atom. The van der Waals surface area contributed by atoms with Crippen LogP contribution in [0, 0.1) is 5.82 Å². The number of amides is 2. The molecule has 0 spiro atoms. The summed E-state index contributed by atoms with van der Waals surface area (Å²) >= 11 is 0. The van der Waals surface area contributed by atoms with Crippen molar-refractivity contribution < 1.29 is 33.0 Å². The van der Waals surface area contributed by atoms with Gasteiger partial charge < -0.3 is 24.8 Å². The zero-order chi connectivity index (χ0) is 23.5. The summed E-state index contributed by atoms with van der Waals surface area (Å²) in [6.45, 7) is 3.73. The normalized spacial score (nSPS) is 12.4. The van der Waals surface area contributed by atoms with E-state index in [2.05, 4.69) is 15.4 Å². The average Bonchev–Trinajstić information content (AvgIpc) is 2.80. The fraction of sp³-hybridized carbons (Fsp3) is 0.348. The Morgan fingerprint density at radius 1 is 1.09 bits per heavy atom. The zero-order valence-electron chi connectivity index (χ0n) is 18.2. The molecule has 8 nitrogen and oxygen atoms in total. The van der Waals surface area contributed by atoms with E-state index >= 15 is 0 Å². The van der Waals surface area contributed by atoms with E-state index in [4.69, 9.17) is 9.47 Å². The number of alkyl carbamates (subject to hydrolysis) is 1. The summed E-state index contributed by atoms with van der Waals surface area (Å²) in [5.41, 5.74) is 1.33. The highest BCUT2D eigenvalue weighted by Gasteiger charge is 2.23. The van der Waals surface area contributed by atoms with Gasteiger partial charge in [-0.15, -0.1) is 0 Å². The molecule has 0 aliphatic carbocycles. The van der Waals surface area contributed by atoms with Gasteiger partial charge in [0, 0.05) is 18.7 Å². The molecule has 0 radical (unpaired) electrons. The summed E-state index contributed by atoms with van der Waals surface area (Å²) in [6.07, 6.45) is -1.25. The predicted octanol–water partition coefficient (Wildman–Crippen LogP) is 3.12. The number of ether oxygens (including phenoxy) is 3. The van der Waals surface area contributed by atoms with Crippen molar-refractivity contribution in [3.8, 4) is 0 Å². The minimum absolute atomic E-state index is 0.0109. The van der Waals surface area contributed by atoms with Crippen LogP contribution in [0.2, 0.25) is 0 Å². The molecule has 0 saturated heterocycles. The second kappa shape index (κ2) is 12.4. The highest BCUT2D eigenvalue weighted by atomic mass is 19.1. The minimum Gasteiger partial charge on any atom is -0.467 e. The van der Waals surface area contributed by atoms with E-state index in [1.54, 1.807) is 31.2 Å². The molecule has 0 saturated carbocycles. The van der Waals surface area contributed by atoms with Crippen molar-refractivity contribution in [2.45, 2.75) is 32.6 Å². The monoisotopic (exact) mass is 446 g/mol. The number of methoxy groups -OCH3 is 1. The Morgan fingerprint density at radius 3 is 2.47 bits per heavy atom. The van der Waals surface area contributed by atoms with Gasteiger partial charge in [0.2, 0.25) is 0 Å². The van der Waals surface area contributed by atoms with E-state index in [0.29, 0.717) is 12.2 Å². The van der Waals surface area contributed by atoms with Crippen LogP contribution >= 0.6 is 0 Å². The van der Waals surface area contributed by atoms with Crippen molar-refractivity contribution in [2.24, 2.45) is 0 Å². The van der Waals surface area contributed by atoms with Crippen LogP contribution in [-0.4, -0.2) is 44.3 Å². The zero-order valence-corrected chi connectivity index (χ0v) is 18.2. The second-order valence-electron chi connectivity index (χ2n) is 6.86. The van der Waals surface area contributed by atoms with Crippen LogP contribution in [0.5, 0.6) is 0 Å². The van der Waals surface area contributed by atoms with Gasteiger partial charge in [0.05, 0.1) is 13.2 Å². The van der Waals surface area contributed by atoms with E-state index in [-0.39, 0.29) is 18.7 Å². The number of carbonyl (C=O) groups is 3. The summed E-state index contributed by atoms with van der Waals surface area (Å²) in [6, 6.07) is 11.7. The highest BCUT2D eigenvalue weighted by molar-refractivity contribution is 5.95. The van der Waals surface area contributed by atoms with E-state index in [1.807, 2.05) is 13.0 Å². The van der Waals surface area contributed by atoms with Gasteiger partial charge in [0.25, 0.3) is 5.91 Å². The fourth-order valence-corrected chi connectivity index (χ4v) is 2.86. The minimum atomic E-state index is -1.19. The standard InChI is InChI=1S/C23H27FN2O6/c1-4-31-15(2)17-10-18(12-19(24)11-17)21(27)25-13-20(22(28)30-3)26-23(29)32-14-16-8-6-5-7-9-16/h5-12,15,20H,4,13-14H2,1-3H3,(H,25,27)(H,26,29)/t15-,20+/m0/s1. The van der Waals surface area contributed by atoms with Gasteiger partial charge >= 0.3 is 12.1 Å². The Labute approximate surface area is 186 Å². The van der Waals surface area contributed by atoms with Gasteiger partial charge in [0.1, 0.15) is 18.5 Å². The molecule has 2 aromatic rings. The maximum atomic E-state index is 14.0. The van der Waals surface area contributed by atoms with Crippen LogP contribution in [-0.2, 0) is 25.6 Å². The molecule has 0 bridgehead atoms. The van der Waals surface area contributed by atoms with E-state index < -0.39 is 35.9 Å². The third-order valence-electron chi connectivity index (χ3n) is 4.53. The number of halogens is 1. The van der Waals surface area contributed by atoms with Crippen molar-refractivity contribution in [3.05, 3.63) is 71.0 Å². The van der Waals surface area contributed by atoms with Gasteiger partial charge in [-0.1, -0.05) is 30.3 Å². The summed E-state index contributed by atoms with van der Waals surface area (Å²) < 4.78 is 29.2. The van der Waals surface area contributed by atoms with Crippen LogP contribution in [0.4, 0.5) is 9.18 Å². The number of hydrogen-bond donors (Lipinski definition) is 2. The molecule has 0 heterocycles. The quantitative estimate of drug-likeness (QED) is 0.544. The predicted molar refractivity (Wildman–Crippen MR) is 114 cm³/mol. The van der Waals surface area contributed by atoms with Crippen molar-refractivity contribution in [3.63, 3.8) is 0 Å². The molecule has 9 heteroatoms. The van der Waals surface area contributed by atoms with Gasteiger partial charge in [-0.05, 0) is 43.2 Å². The number of esters is 1. The lowest BCUT2D eigenvalue weighted by molar-refractivity contribution is -0.142. The van der Waals surface area contributed by atoms with E-state index in [0.717, 1.165) is 18.7 Å². The molecule has 2 N–H and O–H groups in total. The second-order valence-corrected chi connectivity index (χ2v) is 6.86. The van der Waals surface area contributed by atoms with Crippen molar-refractivity contribution in [2.75, 3.05) is 20.3 Å². The first-order valence-corrected chi connectivity index (χ1v) is 10.1. The molecule has 2 atom stereocenters. The lowest BCUT2D eigenvalue weighted by Gasteiger charge is -2.18. The van der Waals surface area contributed by atoms with Crippen LogP contribution < -0.4 is 10.6 Å². The van der Waals surface area contributed by atoms with Gasteiger partial charge in [0.15, 0.2) is 0 Å². The number of hydrogen-bond acceptors (Lipinski definition) is 6. The molecular weight excluding hydrogens is 419 g/mol. The Kier molecular flexibility index (Phi) is 9.62. The Bertz CT molecular complexity index is 922. The summed E-state index contributed by atoms with van der Waals surface area (Å²) in [4.78, 5) is 36.6. The first kappa shape index (κ1) is 24.8. The molecule has 0 aromatic heterocycles. The van der Waals surface area contributed by atoms with Crippen molar-refractivity contribution in [1.29, 1.82) is 0 Å². The third kappa shape index (κ3) is 7.66. The molecule has 172 valence electrons. The number of carbonyl (C=O) groups excluding carboxylic acids is 3. The first-order chi connectivity index (χ1) is 15.3. The smallest absolute Gasteiger partial charge is 0.408 e. The molecule has 0 fully saturated rings. The average molecular weight is 446 g/mol. The van der Waals surface area contributed by atoms with E-state index in [1.165, 1.54) is 12.1 Å². The maximum absolute atomic E-state index is 14.0. The Balaban J connectivity index is 1.98.